The summed E-state index contributed by atoms with van der Waals surface area (Å²) >= 11 is 0. The lowest BCUT2D eigenvalue weighted by atomic mass is 10.1. The number of carbonyl (C=O) groups excluding carboxylic acids is 2. The van der Waals surface area contributed by atoms with E-state index in [2.05, 4.69) is 11.9 Å². The average Bonchev–Trinajstić information content (AvgIpc) is 2.76. The van der Waals surface area contributed by atoms with Crippen LogP contribution in [0.1, 0.15) is 31.1 Å². The largest absolute Gasteiger partial charge is 0.481 e. The van der Waals surface area contributed by atoms with Gasteiger partial charge in [-0.05, 0) is 43.3 Å². The van der Waals surface area contributed by atoms with Crippen LogP contribution >= 0.6 is 0 Å². The number of nitrogens with one attached hydrogen (secondary N) is 1. The summed E-state index contributed by atoms with van der Waals surface area (Å²) in [4.78, 5) is 26.6. The summed E-state index contributed by atoms with van der Waals surface area (Å²) in [7, 11) is -3.58. The van der Waals surface area contributed by atoms with Gasteiger partial charge in [0.15, 0.2) is 6.61 Å². The first kappa shape index (κ1) is 23.5. The number of amides is 2. The number of nitrogens with zero attached hydrogens (tertiary/aromatic N) is 2. The quantitative estimate of drug-likeness (QED) is 0.614. The molecule has 0 fully saturated rings. The molecule has 0 saturated carbocycles. The average molecular weight is 458 g/mol. The predicted octanol–water partition coefficient (Wildman–Crippen LogP) is 3.27. The van der Waals surface area contributed by atoms with E-state index in [-0.39, 0.29) is 23.3 Å². The van der Waals surface area contributed by atoms with E-state index >= 15 is 0 Å². The van der Waals surface area contributed by atoms with Gasteiger partial charge in [-0.25, -0.2) is 8.42 Å². The summed E-state index contributed by atoms with van der Waals surface area (Å²) in [5, 5.41) is 2.78. The van der Waals surface area contributed by atoms with Gasteiger partial charge in [0, 0.05) is 37.0 Å². The molecular formula is C23H27N3O5S. The van der Waals surface area contributed by atoms with Crippen LogP contribution in [0.5, 0.6) is 5.75 Å². The minimum absolute atomic E-state index is 0.0832. The van der Waals surface area contributed by atoms with Crippen LogP contribution in [0.25, 0.3) is 0 Å². The van der Waals surface area contributed by atoms with Gasteiger partial charge in [-0.3, -0.25) is 9.59 Å². The van der Waals surface area contributed by atoms with Gasteiger partial charge in [0.25, 0.3) is 11.8 Å². The molecule has 3 rings (SSSR count). The van der Waals surface area contributed by atoms with E-state index in [1.54, 1.807) is 36.9 Å². The normalized spacial score (nSPS) is 13.5. The van der Waals surface area contributed by atoms with E-state index in [0.29, 0.717) is 42.3 Å². The molecule has 0 radical (unpaired) electrons. The molecule has 170 valence electrons. The van der Waals surface area contributed by atoms with E-state index in [9.17, 15) is 18.0 Å². The Hall–Kier alpha value is -3.17. The first-order valence-electron chi connectivity index (χ1n) is 10.3. The lowest BCUT2D eigenvalue weighted by Gasteiger charge is -2.29. The van der Waals surface area contributed by atoms with Gasteiger partial charge in [-0.15, -0.1) is 0 Å². The highest BCUT2D eigenvalue weighted by molar-refractivity contribution is 7.89. The van der Waals surface area contributed by atoms with Crippen LogP contribution < -0.4 is 15.0 Å². The zero-order chi connectivity index (χ0) is 23.5. The second-order valence-electron chi connectivity index (χ2n) is 7.48. The van der Waals surface area contributed by atoms with Crippen molar-refractivity contribution in [2.45, 2.75) is 25.7 Å². The highest BCUT2D eigenvalue weighted by Gasteiger charge is 2.26. The molecule has 1 heterocycles. The number of ether oxygens (including phenoxy) is 1. The van der Waals surface area contributed by atoms with Gasteiger partial charge in [-0.1, -0.05) is 26.0 Å². The Kier molecular flexibility index (Phi) is 7.00. The van der Waals surface area contributed by atoms with Gasteiger partial charge in [0.2, 0.25) is 10.0 Å². The van der Waals surface area contributed by atoms with Crippen molar-refractivity contribution in [1.82, 2.24) is 4.31 Å². The third kappa shape index (κ3) is 4.84. The van der Waals surface area contributed by atoms with E-state index < -0.39 is 10.0 Å². The zero-order valence-electron chi connectivity index (χ0n) is 18.4. The van der Waals surface area contributed by atoms with Crippen LogP contribution in [0.2, 0.25) is 0 Å². The highest BCUT2D eigenvalue weighted by Crippen LogP contribution is 2.35. The molecule has 1 N–H and O–H groups in total. The summed E-state index contributed by atoms with van der Waals surface area (Å²) in [6.07, 6.45) is 0. The molecule has 0 bridgehead atoms. The van der Waals surface area contributed by atoms with E-state index in [4.69, 9.17) is 4.74 Å². The zero-order valence-corrected chi connectivity index (χ0v) is 19.2. The topological polar surface area (TPSA) is 96.0 Å². The van der Waals surface area contributed by atoms with Crippen molar-refractivity contribution < 1.29 is 22.7 Å². The first-order valence-corrected chi connectivity index (χ1v) is 11.7. The fraction of sp³-hybridized carbons (Fsp3) is 0.304. The minimum Gasteiger partial charge on any atom is -0.481 e. The Labute approximate surface area is 188 Å². The molecule has 0 aliphatic carbocycles. The number of carbonyl (C=O) groups is 2. The number of hydrogen-bond donors (Lipinski definition) is 1. The third-order valence-electron chi connectivity index (χ3n) is 5.05. The van der Waals surface area contributed by atoms with Crippen molar-refractivity contribution in [3.63, 3.8) is 0 Å². The second kappa shape index (κ2) is 9.54. The van der Waals surface area contributed by atoms with E-state index in [1.807, 2.05) is 6.92 Å². The monoisotopic (exact) mass is 457 g/mol. The van der Waals surface area contributed by atoms with Crippen molar-refractivity contribution in [1.29, 1.82) is 0 Å². The fourth-order valence-electron chi connectivity index (χ4n) is 3.42. The van der Waals surface area contributed by atoms with Crippen LogP contribution in [0, 0.1) is 0 Å². The lowest BCUT2D eigenvalue weighted by Crippen LogP contribution is -2.39. The molecule has 0 spiro atoms. The molecule has 32 heavy (non-hydrogen) atoms. The number of anilines is 2. The molecule has 9 heteroatoms. The minimum atomic E-state index is -3.58. The molecule has 1 aliphatic heterocycles. The smallest absolute Gasteiger partial charge is 0.265 e. The molecule has 2 aromatic carbocycles. The Morgan fingerprint density at radius 2 is 1.81 bits per heavy atom. The number of hydrogen-bond acceptors (Lipinski definition) is 5. The molecule has 8 nitrogen and oxygen atoms in total. The van der Waals surface area contributed by atoms with Crippen molar-refractivity contribution in [2.75, 3.05) is 36.5 Å². The van der Waals surface area contributed by atoms with Gasteiger partial charge >= 0.3 is 0 Å². The molecular weight excluding hydrogens is 430 g/mol. The van der Waals surface area contributed by atoms with E-state index in [1.165, 1.54) is 28.6 Å². The maximum absolute atomic E-state index is 12.7. The molecule has 2 aromatic rings. The van der Waals surface area contributed by atoms with Crippen molar-refractivity contribution in [3.05, 3.63) is 60.2 Å². The Morgan fingerprint density at radius 1 is 1.16 bits per heavy atom. The summed E-state index contributed by atoms with van der Waals surface area (Å²) in [5.74, 6) is -0.0521. The lowest BCUT2D eigenvalue weighted by molar-refractivity contribution is -0.121. The molecule has 2 amide bonds. The van der Waals surface area contributed by atoms with Gasteiger partial charge in [0.05, 0.1) is 10.6 Å². The summed E-state index contributed by atoms with van der Waals surface area (Å²) in [5.41, 5.74) is 2.28. The summed E-state index contributed by atoms with van der Waals surface area (Å²) < 4.78 is 32.1. The standard InChI is InChI=1S/C23H27N3O5S/c1-5-25(6-2)32(29,30)19-10-7-17(8-11-19)23(28)24-18-9-12-20-21(13-18)31-15-22(27)26(20)14-16(3)4/h7-13H,3,5-6,14-15H2,1-2,4H3,(H,24,28). The van der Waals surface area contributed by atoms with Crippen LogP contribution in [0.15, 0.2) is 59.5 Å². The number of fused-ring (bicyclic) bond motifs is 1. The highest BCUT2D eigenvalue weighted by atomic mass is 32.2. The Balaban J connectivity index is 1.77. The molecule has 0 unspecified atom stereocenters. The molecule has 1 aliphatic rings. The molecule has 0 aromatic heterocycles. The van der Waals surface area contributed by atoms with Crippen molar-refractivity contribution >= 4 is 33.2 Å². The summed E-state index contributed by atoms with van der Waals surface area (Å²) in [6, 6.07) is 10.9. The van der Waals surface area contributed by atoms with Crippen LogP contribution in [-0.4, -0.2) is 50.8 Å². The second-order valence-corrected chi connectivity index (χ2v) is 9.41. The van der Waals surface area contributed by atoms with E-state index in [0.717, 1.165) is 5.57 Å². The van der Waals surface area contributed by atoms with Gasteiger partial charge < -0.3 is 15.0 Å². The maximum Gasteiger partial charge on any atom is 0.265 e. The SMILES string of the molecule is C=C(C)CN1C(=O)COc2cc(NC(=O)c3ccc(S(=O)(=O)N(CC)CC)cc3)ccc21. The third-order valence-corrected chi connectivity index (χ3v) is 7.11. The molecule has 0 atom stereocenters. The Morgan fingerprint density at radius 3 is 2.41 bits per heavy atom. The fourth-order valence-corrected chi connectivity index (χ4v) is 4.88. The number of sulfonamides is 1. The summed E-state index contributed by atoms with van der Waals surface area (Å²) in [6.45, 7) is 10.3. The molecule has 0 saturated heterocycles. The van der Waals surface area contributed by atoms with Crippen LogP contribution in [-0.2, 0) is 14.8 Å². The van der Waals surface area contributed by atoms with Crippen LogP contribution in [0.4, 0.5) is 11.4 Å². The maximum atomic E-state index is 12.7. The van der Waals surface area contributed by atoms with Crippen molar-refractivity contribution in [3.8, 4) is 5.75 Å². The van der Waals surface area contributed by atoms with Gasteiger partial charge in [-0.2, -0.15) is 4.31 Å². The number of rotatable bonds is 8. The predicted molar refractivity (Wildman–Crippen MR) is 124 cm³/mol. The van der Waals surface area contributed by atoms with Crippen molar-refractivity contribution in [2.24, 2.45) is 0 Å². The first-order chi connectivity index (χ1) is 15.2. The number of benzene rings is 2. The van der Waals surface area contributed by atoms with Gasteiger partial charge in [0.1, 0.15) is 5.75 Å². The Bertz CT molecular complexity index is 1140. The van der Waals surface area contributed by atoms with Crippen LogP contribution in [0.3, 0.4) is 0 Å².